The topological polar surface area (TPSA) is 9.23 Å². The van der Waals surface area contributed by atoms with Crippen LogP contribution in [-0.2, 0) is 12.8 Å². The lowest BCUT2D eigenvalue weighted by Crippen LogP contribution is -1.95. The van der Waals surface area contributed by atoms with Gasteiger partial charge in [0.25, 0.3) is 0 Å². The average molecular weight is 335 g/mol. The fraction of sp³-hybridized carbons (Fsp3) is 0.333. The molecule has 1 nitrogen and oxygen atoms in total. The van der Waals surface area contributed by atoms with Gasteiger partial charge >= 0.3 is 0 Å². The van der Waals surface area contributed by atoms with Crippen molar-refractivity contribution in [1.82, 2.24) is 0 Å². The zero-order valence-electron chi connectivity index (χ0n) is 15.6. The summed E-state index contributed by atoms with van der Waals surface area (Å²) in [4.78, 5) is 0. The Balaban J connectivity index is 2.06. The van der Waals surface area contributed by atoms with Gasteiger partial charge in [0.15, 0.2) is 0 Å². The van der Waals surface area contributed by atoms with Crippen molar-refractivity contribution in [1.29, 1.82) is 0 Å². The molecular formula is C24H30O. The van der Waals surface area contributed by atoms with E-state index in [2.05, 4.69) is 86.7 Å². The van der Waals surface area contributed by atoms with E-state index in [1.165, 1.54) is 11.1 Å². The smallest absolute Gasteiger partial charge is 0.130 e. The minimum Gasteiger partial charge on any atom is -0.457 e. The molecule has 0 atom stereocenters. The molecule has 132 valence electrons. The Kier molecular flexibility index (Phi) is 8.61. The predicted octanol–water partition coefficient (Wildman–Crippen LogP) is 7.28. The summed E-state index contributed by atoms with van der Waals surface area (Å²) in [5, 5.41) is 0. The first-order valence-electron chi connectivity index (χ1n) is 9.41. The zero-order chi connectivity index (χ0) is 17.7. The van der Waals surface area contributed by atoms with Crippen molar-refractivity contribution in [2.45, 2.75) is 52.4 Å². The number of para-hydroxylation sites is 2. The molecule has 0 radical (unpaired) electrons. The van der Waals surface area contributed by atoms with Gasteiger partial charge in [-0.2, -0.15) is 0 Å². The summed E-state index contributed by atoms with van der Waals surface area (Å²) >= 11 is 0. The highest BCUT2D eigenvalue weighted by atomic mass is 16.5. The van der Waals surface area contributed by atoms with Crippen LogP contribution in [0.2, 0.25) is 0 Å². The van der Waals surface area contributed by atoms with Gasteiger partial charge in [0.1, 0.15) is 11.5 Å². The Morgan fingerprint density at radius 2 is 1.12 bits per heavy atom. The standard InChI is InChI=1S/C24H30O/c1-3-5-7-9-15-21-17-11-13-19-23(21)25-24-20-14-12-18-22(24)16-10-8-6-4-2/h3-6,11-14,17-20H,7-10,15-16H2,1-2H3. The molecule has 25 heavy (non-hydrogen) atoms. The highest BCUT2D eigenvalue weighted by molar-refractivity contribution is 5.41. The SMILES string of the molecule is CC=CCCCc1ccccc1Oc1ccccc1CCCC=CC. The minimum atomic E-state index is 0.990. The number of hydrogen-bond donors (Lipinski definition) is 0. The van der Waals surface area contributed by atoms with E-state index in [4.69, 9.17) is 4.74 Å². The van der Waals surface area contributed by atoms with Gasteiger partial charge in [-0.1, -0.05) is 60.7 Å². The lowest BCUT2D eigenvalue weighted by atomic mass is 10.1. The first-order chi connectivity index (χ1) is 12.3. The van der Waals surface area contributed by atoms with Crippen LogP contribution in [0, 0.1) is 0 Å². The maximum atomic E-state index is 6.32. The summed E-state index contributed by atoms with van der Waals surface area (Å²) in [6.07, 6.45) is 15.3. The second kappa shape index (κ2) is 11.3. The molecule has 0 aliphatic heterocycles. The van der Waals surface area contributed by atoms with Gasteiger partial charge in [0, 0.05) is 0 Å². The van der Waals surface area contributed by atoms with E-state index in [0.29, 0.717) is 0 Å². The molecule has 0 unspecified atom stereocenters. The van der Waals surface area contributed by atoms with Crippen LogP contribution in [0.3, 0.4) is 0 Å². The van der Waals surface area contributed by atoms with Crippen LogP contribution >= 0.6 is 0 Å². The number of allylic oxidation sites excluding steroid dienone is 4. The molecule has 2 aromatic rings. The van der Waals surface area contributed by atoms with Crippen LogP contribution in [-0.4, -0.2) is 0 Å². The third kappa shape index (κ3) is 6.62. The van der Waals surface area contributed by atoms with Crippen LogP contribution in [0.15, 0.2) is 72.8 Å². The van der Waals surface area contributed by atoms with E-state index in [1.54, 1.807) is 0 Å². The molecule has 0 aromatic heterocycles. The van der Waals surface area contributed by atoms with Crippen LogP contribution in [0.25, 0.3) is 0 Å². The lowest BCUT2D eigenvalue weighted by molar-refractivity contribution is 0.468. The normalized spacial score (nSPS) is 11.4. The molecule has 0 aliphatic carbocycles. The maximum Gasteiger partial charge on any atom is 0.130 e. The number of ether oxygens (including phenoxy) is 1. The predicted molar refractivity (Wildman–Crippen MR) is 108 cm³/mol. The van der Waals surface area contributed by atoms with Crippen LogP contribution < -0.4 is 4.74 Å². The molecule has 0 amide bonds. The largest absolute Gasteiger partial charge is 0.457 e. The summed E-state index contributed by atoms with van der Waals surface area (Å²) in [7, 11) is 0. The third-order valence-corrected chi connectivity index (χ3v) is 4.27. The summed E-state index contributed by atoms with van der Waals surface area (Å²) < 4.78 is 6.32. The molecule has 2 rings (SSSR count). The van der Waals surface area contributed by atoms with Crippen molar-refractivity contribution in [3.8, 4) is 11.5 Å². The van der Waals surface area contributed by atoms with Gasteiger partial charge in [-0.15, -0.1) is 0 Å². The fourth-order valence-electron chi connectivity index (χ4n) is 2.89. The fourth-order valence-corrected chi connectivity index (χ4v) is 2.89. The van der Waals surface area contributed by atoms with E-state index in [1.807, 2.05) is 0 Å². The molecule has 2 aromatic carbocycles. The Labute approximate surface area is 153 Å². The van der Waals surface area contributed by atoms with Gasteiger partial charge < -0.3 is 4.74 Å². The molecule has 1 heteroatoms. The van der Waals surface area contributed by atoms with E-state index in [0.717, 1.165) is 50.0 Å². The summed E-state index contributed by atoms with van der Waals surface area (Å²) in [6, 6.07) is 16.8. The quantitative estimate of drug-likeness (QED) is 0.328. The van der Waals surface area contributed by atoms with Crippen molar-refractivity contribution >= 4 is 0 Å². The zero-order valence-corrected chi connectivity index (χ0v) is 15.6. The Morgan fingerprint density at radius 3 is 1.56 bits per heavy atom. The first-order valence-corrected chi connectivity index (χ1v) is 9.41. The van der Waals surface area contributed by atoms with Crippen molar-refractivity contribution in [2.75, 3.05) is 0 Å². The Bertz CT molecular complexity index is 622. The second-order valence-corrected chi connectivity index (χ2v) is 6.24. The molecule has 0 saturated heterocycles. The van der Waals surface area contributed by atoms with Crippen molar-refractivity contribution in [2.24, 2.45) is 0 Å². The van der Waals surface area contributed by atoms with Gasteiger partial charge in [0.05, 0.1) is 0 Å². The van der Waals surface area contributed by atoms with Gasteiger partial charge in [-0.3, -0.25) is 0 Å². The highest BCUT2D eigenvalue weighted by Gasteiger charge is 2.07. The number of rotatable bonds is 10. The van der Waals surface area contributed by atoms with Gasteiger partial charge in [0.2, 0.25) is 0 Å². The maximum absolute atomic E-state index is 6.32. The molecule has 0 bridgehead atoms. The summed E-state index contributed by atoms with van der Waals surface area (Å²) in [6.45, 7) is 4.15. The van der Waals surface area contributed by atoms with Crippen molar-refractivity contribution in [3.05, 3.63) is 84.0 Å². The van der Waals surface area contributed by atoms with Crippen LogP contribution in [0.4, 0.5) is 0 Å². The first kappa shape index (κ1) is 19.1. The summed E-state index contributed by atoms with van der Waals surface area (Å²) in [5.41, 5.74) is 2.58. The summed E-state index contributed by atoms with van der Waals surface area (Å²) in [5.74, 6) is 1.98. The van der Waals surface area contributed by atoms with Crippen molar-refractivity contribution in [3.63, 3.8) is 0 Å². The monoisotopic (exact) mass is 334 g/mol. The molecular weight excluding hydrogens is 304 g/mol. The van der Waals surface area contributed by atoms with E-state index >= 15 is 0 Å². The number of hydrogen-bond acceptors (Lipinski definition) is 1. The highest BCUT2D eigenvalue weighted by Crippen LogP contribution is 2.29. The molecule has 0 saturated carbocycles. The average Bonchev–Trinajstić information content (AvgIpc) is 2.65. The van der Waals surface area contributed by atoms with E-state index < -0.39 is 0 Å². The number of aryl methyl sites for hydroxylation is 2. The van der Waals surface area contributed by atoms with Crippen LogP contribution in [0.5, 0.6) is 11.5 Å². The second-order valence-electron chi connectivity index (χ2n) is 6.24. The van der Waals surface area contributed by atoms with Crippen LogP contribution in [0.1, 0.15) is 50.7 Å². The van der Waals surface area contributed by atoms with E-state index in [9.17, 15) is 0 Å². The molecule has 0 fully saturated rings. The van der Waals surface area contributed by atoms with Crippen molar-refractivity contribution < 1.29 is 4.74 Å². The minimum absolute atomic E-state index is 0.990. The molecule has 0 heterocycles. The molecule has 0 spiro atoms. The Morgan fingerprint density at radius 1 is 0.680 bits per heavy atom. The third-order valence-electron chi connectivity index (χ3n) is 4.27. The van der Waals surface area contributed by atoms with Gasteiger partial charge in [-0.25, -0.2) is 0 Å². The molecule has 0 aliphatic rings. The van der Waals surface area contributed by atoms with Gasteiger partial charge in [-0.05, 0) is 75.6 Å². The number of benzene rings is 2. The Hall–Kier alpha value is -2.28. The lowest BCUT2D eigenvalue weighted by Gasteiger charge is -2.14. The number of unbranched alkanes of at least 4 members (excludes halogenated alkanes) is 2. The molecule has 0 N–H and O–H groups in total. The van der Waals surface area contributed by atoms with E-state index in [-0.39, 0.29) is 0 Å².